The van der Waals surface area contributed by atoms with E-state index in [1.165, 1.54) is 4.90 Å². The first-order valence-corrected chi connectivity index (χ1v) is 12.8. The zero-order valence-corrected chi connectivity index (χ0v) is 20.8. The van der Waals surface area contributed by atoms with Crippen molar-refractivity contribution in [2.45, 2.75) is 11.3 Å². The van der Waals surface area contributed by atoms with Gasteiger partial charge in [0, 0.05) is 17.8 Å². The molecular weight excluding hydrogens is 488 g/mol. The quantitative estimate of drug-likeness (QED) is 0.185. The number of anilines is 2. The van der Waals surface area contributed by atoms with Gasteiger partial charge in [-0.05, 0) is 46.5 Å². The Hall–Kier alpha value is -5.04. The van der Waals surface area contributed by atoms with E-state index < -0.39 is 23.2 Å². The molecule has 7 nitrogen and oxygen atoms in total. The summed E-state index contributed by atoms with van der Waals surface area (Å²) in [5.74, 6) is -2.53. The molecule has 1 saturated heterocycles. The summed E-state index contributed by atoms with van der Waals surface area (Å²) >= 11 is 0. The summed E-state index contributed by atoms with van der Waals surface area (Å²) in [6.07, 6.45) is 1.65. The van der Waals surface area contributed by atoms with Crippen molar-refractivity contribution < 1.29 is 14.4 Å². The number of nitrogens with two attached hydrogens (primary N) is 1. The van der Waals surface area contributed by atoms with Gasteiger partial charge in [-0.2, -0.15) is 5.10 Å². The van der Waals surface area contributed by atoms with Crippen molar-refractivity contribution in [3.8, 4) is 0 Å². The first-order chi connectivity index (χ1) is 19.0. The predicted octanol–water partition coefficient (Wildman–Crippen LogP) is 4.24. The number of rotatable bonds is 4. The lowest BCUT2D eigenvalue weighted by Gasteiger charge is -2.52. The first-order valence-electron chi connectivity index (χ1n) is 12.8. The molecule has 0 aromatic heterocycles. The summed E-state index contributed by atoms with van der Waals surface area (Å²) in [4.78, 5) is 42.6. The minimum atomic E-state index is -1.06. The highest BCUT2D eigenvalue weighted by molar-refractivity contribution is 6.25. The van der Waals surface area contributed by atoms with Gasteiger partial charge in [-0.1, -0.05) is 78.9 Å². The minimum absolute atomic E-state index is 0.218. The van der Waals surface area contributed by atoms with Crippen LogP contribution in [0.4, 0.5) is 11.4 Å². The normalized spacial score (nSPS) is 24.4. The Kier molecular flexibility index (Phi) is 5.03. The van der Waals surface area contributed by atoms with Crippen molar-refractivity contribution in [3.05, 3.63) is 131 Å². The third kappa shape index (κ3) is 3.10. The molecule has 3 aliphatic carbocycles. The molecule has 1 aliphatic heterocycles. The molecule has 3 amide bonds. The molecule has 1 heterocycles. The summed E-state index contributed by atoms with van der Waals surface area (Å²) in [6.45, 7) is 0. The van der Waals surface area contributed by atoms with Gasteiger partial charge in [-0.15, -0.1) is 0 Å². The molecule has 4 aromatic carbocycles. The van der Waals surface area contributed by atoms with E-state index in [-0.39, 0.29) is 17.7 Å². The maximum atomic E-state index is 14.3. The number of hydrogen-bond donors (Lipinski definition) is 2. The van der Waals surface area contributed by atoms with Crippen molar-refractivity contribution in [1.82, 2.24) is 5.43 Å². The smallest absolute Gasteiger partial charge is 0.273 e. The average Bonchev–Trinajstić information content (AvgIpc) is 3.24. The van der Waals surface area contributed by atoms with Gasteiger partial charge in [0.15, 0.2) is 0 Å². The van der Waals surface area contributed by atoms with Gasteiger partial charge in [0.25, 0.3) is 5.91 Å². The van der Waals surface area contributed by atoms with Gasteiger partial charge < -0.3 is 5.73 Å². The van der Waals surface area contributed by atoms with E-state index in [1.54, 1.807) is 42.6 Å². The van der Waals surface area contributed by atoms with Crippen LogP contribution in [0.1, 0.15) is 38.5 Å². The van der Waals surface area contributed by atoms with Crippen LogP contribution in [0.15, 0.2) is 108 Å². The summed E-state index contributed by atoms with van der Waals surface area (Å²) in [5, 5.41) is 4.43. The summed E-state index contributed by atoms with van der Waals surface area (Å²) in [5.41, 5.74) is 12.6. The largest absolute Gasteiger partial charge is 0.398 e. The Labute approximate surface area is 225 Å². The van der Waals surface area contributed by atoms with E-state index in [2.05, 4.69) is 10.5 Å². The lowest BCUT2D eigenvalue weighted by molar-refractivity contribution is -0.122. The number of imide groups is 1. The van der Waals surface area contributed by atoms with Gasteiger partial charge in [-0.3, -0.25) is 14.4 Å². The lowest BCUT2D eigenvalue weighted by Crippen LogP contribution is -2.54. The highest BCUT2D eigenvalue weighted by atomic mass is 16.2. The van der Waals surface area contributed by atoms with Crippen LogP contribution < -0.4 is 16.1 Å². The van der Waals surface area contributed by atoms with Crippen molar-refractivity contribution in [1.29, 1.82) is 0 Å². The summed E-state index contributed by atoms with van der Waals surface area (Å²) in [7, 11) is 0. The molecule has 2 bridgehead atoms. The molecule has 39 heavy (non-hydrogen) atoms. The fraction of sp³-hybridized carbons (Fsp3) is 0.125. The zero-order valence-electron chi connectivity index (χ0n) is 20.8. The number of nitrogens with one attached hydrogen (secondary N) is 1. The molecule has 4 aliphatic rings. The maximum Gasteiger partial charge on any atom is 0.273 e. The number of hydrazone groups is 1. The van der Waals surface area contributed by atoms with Gasteiger partial charge in [0.2, 0.25) is 11.8 Å². The van der Waals surface area contributed by atoms with Crippen molar-refractivity contribution in [2.24, 2.45) is 16.9 Å². The summed E-state index contributed by atoms with van der Waals surface area (Å²) in [6, 6.07) is 31.7. The highest BCUT2D eigenvalue weighted by Crippen LogP contribution is 2.63. The molecule has 0 radical (unpaired) electrons. The van der Waals surface area contributed by atoms with Crippen LogP contribution in [0.3, 0.4) is 0 Å². The van der Waals surface area contributed by atoms with Crippen LogP contribution in [0.2, 0.25) is 0 Å². The number of nitrogens with zero attached hydrogens (tertiary/aromatic N) is 2. The maximum absolute atomic E-state index is 14.3. The molecule has 0 saturated carbocycles. The minimum Gasteiger partial charge on any atom is -0.398 e. The van der Waals surface area contributed by atoms with Crippen LogP contribution in [0.25, 0.3) is 0 Å². The molecule has 8 rings (SSSR count). The van der Waals surface area contributed by atoms with E-state index in [9.17, 15) is 14.4 Å². The Balaban J connectivity index is 1.41. The number of carbonyl (C=O) groups excluding carboxylic acids is 3. The van der Waals surface area contributed by atoms with E-state index in [4.69, 9.17) is 5.73 Å². The van der Waals surface area contributed by atoms with Crippen LogP contribution in [-0.4, -0.2) is 23.9 Å². The topological polar surface area (TPSA) is 105 Å². The molecule has 2 atom stereocenters. The molecule has 1 fully saturated rings. The van der Waals surface area contributed by atoms with Crippen LogP contribution >= 0.6 is 0 Å². The van der Waals surface area contributed by atoms with E-state index in [1.807, 2.05) is 66.7 Å². The summed E-state index contributed by atoms with van der Waals surface area (Å²) < 4.78 is 0. The fourth-order valence-corrected chi connectivity index (χ4v) is 6.84. The van der Waals surface area contributed by atoms with Gasteiger partial charge in [-0.25, -0.2) is 10.3 Å². The van der Waals surface area contributed by atoms with Crippen LogP contribution in [0, 0.1) is 11.8 Å². The predicted molar refractivity (Wildman–Crippen MR) is 148 cm³/mol. The fourth-order valence-electron chi connectivity index (χ4n) is 6.84. The standard InChI is InChI=1S/C32H24N4O3/c33-25-17-9-6-14-22(25)29(37)35-34-18-32-23-15-7-4-12-20(23)26(21-13-5-8-16-24(21)32)27-28(32)31(39)36(30(27)38)19-10-2-1-3-11-19/h1-18,26-28H,33H2,(H,35,37)/b34-18-/t26?,27-,28-,32?/m0/s1. The van der Waals surface area contributed by atoms with Gasteiger partial charge in [0.1, 0.15) is 0 Å². The third-order valence-electron chi connectivity index (χ3n) is 8.34. The number of nitrogen functional groups attached to an aromatic ring is 1. The lowest BCUT2D eigenvalue weighted by atomic mass is 9.47. The Morgan fingerprint density at radius 1 is 0.795 bits per heavy atom. The monoisotopic (exact) mass is 512 g/mol. The number of amides is 3. The van der Waals surface area contributed by atoms with Crippen LogP contribution in [0.5, 0.6) is 0 Å². The van der Waals surface area contributed by atoms with E-state index >= 15 is 0 Å². The second kappa shape index (κ2) is 8.49. The number of hydrogen-bond acceptors (Lipinski definition) is 5. The first kappa shape index (κ1) is 23.1. The molecule has 0 spiro atoms. The Morgan fingerprint density at radius 3 is 2.05 bits per heavy atom. The highest BCUT2D eigenvalue weighted by Gasteiger charge is 2.68. The molecule has 3 N–H and O–H groups in total. The Morgan fingerprint density at radius 2 is 1.38 bits per heavy atom. The number of para-hydroxylation sites is 2. The number of benzene rings is 4. The van der Waals surface area contributed by atoms with E-state index in [0.717, 1.165) is 22.3 Å². The Bertz CT molecular complexity index is 1650. The molecule has 4 aromatic rings. The van der Waals surface area contributed by atoms with Crippen molar-refractivity contribution >= 4 is 35.3 Å². The SMILES string of the molecule is Nc1ccccc1C(=O)N/N=C\C12c3ccccc3C(c3ccccc31)[C@@H]1C(=O)N(c3ccccc3)C(=O)[C@H]12. The molecule has 190 valence electrons. The van der Waals surface area contributed by atoms with Gasteiger partial charge >= 0.3 is 0 Å². The second-order valence-corrected chi connectivity index (χ2v) is 10.2. The van der Waals surface area contributed by atoms with Crippen molar-refractivity contribution in [3.63, 3.8) is 0 Å². The third-order valence-corrected chi connectivity index (χ3v) is 8.34. The second-order valence-electron chi connectivity index (χ2n) is 10.2. The zero-order chi connectivity index (χ0) is 26.7. The van der Waals surface area contributed by atoms with Crippen LogP contribution in [-0.2, 0) is 15.0 Å². The molecular formula is C32H24N4O3. The van der Waals surface area contributed by atoms with Gasteiger partial charge in [0.05, 0.1) is 28.5 Å². The molecule has 7 heteroatoms. The van der Waals surface area contributed by atoms with E-state index in [0.29, 0.717) is 16.9 Å². The molecule has 0 unspecified atom stereocenters. The number of carbonyl (C=O) groups is 3. The average molecular weight is 513 g/mol. The van der Waals surface area contributed by atoms with Crippen molar-refractivity contribution in [2.75, 3.05) is 10.6 Å².